The Morgan fingerprint density at radius 2 is 2.00 bits per heavy atom. The Morgan fingerprint density at radius 3 is 2.57 bits per heavy atom. The van der Waals surface area contributed by atoms with Crippen molar-refractivity contribution in [2.75, 3.05) is 0 Å². The predicted molar refractivity (Wildman–Crippen MR) is 59.5 cm³/mol. The van der Waals surface area contributed by atoms with E-state index in [1.54, 1.807) is 6.92 Å². The average Bonchev–Trinajstić information content (AvgIpc) is 2.18. The van der Waals surface area contributed by atoms with E-state index in [4.69, 9.17) is 0 Å². The number of ketones is 1. The Kier molecular flexibility index (Phi) is 3.87. The van der Waals surface area contributed by atoms with Crippen LogP contribution in [0.3, 0.4) is 0 Å². The molecular weight excluding hydrogens is 172 g/mol. The van der Waals surface area contributed by atoms with E-state index in [1.165, 1.54) is 11.1 Å². The number of Topliss-reactive ketones (excluding diaryl/α,β-unsaturated/α-hetero) is 1. The van der Waals surface area contributed by atoms with Crippen LogP contribution in [0.4, 0.5) is 0 Å². The summed E-state index contributed by atoms with van der Waals surface area (Å²) in [6.45, 7) is 5.80. The Bertz CT molecular complexity index is 315. The minimum absolute atomic E-state index is 0.0396. The summed E-state index contributed by atoms with van der Waals surface area (Å²) in [7, 11) is 0. The lowest BCUT2D eigenvalue weighted by atomic mass is 9.91. The smallest absolute Gasteiger partial charge is 0.136 e. The summed E-state index contributed by atoms with van der Waals surface area (Å²) in [6, 6.07) is 8.24. The Labute approximate surface area is 86.1 Å². The van der Waals surface area contributed by atoms with Crippen molar-refractivity contribution < 1.29 is 4.79 Å². The molecule has 0 saturated carbocycles. The number of carbonyl (C=O) groups excluding carboxylic acids is 1. The lowest BCUT2D eigenvalue weighted by Crippen LogP contribution is -2.07. The van der Waals surface area contributed by atoms with Crippen molar-refractivity contribution in [1.29, 1.82) is 0 Å². The van der Waals surface area contributed by atoms with Crippen molar-refractivity contribution in [2.45, 2.75) is 39.5 Å². The topological polar surface area (TPSA) is 17.1 Å². The van der Waals surface area contributed by atoms with Gasteiger partial charge in [-0.1, -0.05) is 44.5 Å². The van der Waals surface area contributed by atoms with E-state index in [-0.39, 0.29) is 11.7 Å². The molecule has 14 heavy (non-hydrogen) atoms. The van der Waals surface area contributed by atoms with Gasteiger partial charge in [-0.3, -0.25) is 4.79 Å². The summed E-state index contributed by atoms with van der Waals surface area (Å²) in [6.07, 6.45) is 2.19. The van der Waals surface area contributed by atoms with E-state index >= 15 is 0 Å². The largest absolute Gasteiger partial charge is 0.299 e. The van der Waals surface area contributed by atoms with Crippen LogP contribution in [0.25, 0.3) is 0 Å². The Hall–Kier alpha value is -1.11. The van der Waals surface area contributed by atoms with E-state index in [0.29, 0.717) is 0 Å². The van der Waals surface area contributed by atoms with Gasteiger partial charge in [-0.15, -0.1) is 0 Å². The number of rotatable bonds is 4. The summed E-state index contributed by atoms with van der Waals surface area (Å²) >= 11 is 0. The summed E-state index contributed by atoms with van der Waals surface area (Å²) in [4.78, 5) is 11.3. The second kappa shape index (κ2) is 4.94. The van der Waals surface area contributed by atoms with Crippen LogP contribution in [0.5, 0.6) is 0 Å². The van der Waals surface area contributed by atoms with Crippen LogP contribution in [-0.4, -0.2) is 5.78 Å². The summed E-state index contributed by atoms with van der Waals surface area (Å²) in [5, 5.41) is 0. The summed E-state index contributed by atoms with van der Waals surface area (Å²) in [5.41, 5.74) is 2.51. The number of benzene rings is 1. The molecule has 0 radical (unpaired) electrons. The zero-order valence-electron chi connectivity index (χ0n) is 9.21. The highest BCUT2D eigenvalue weighted by molar-refractivity contribution is 5.83. The van der Waals surface area contributed by atoms with Gasteiger partial charge in [-0.25, -0.2) is 0 Å². The maximum atomic E-state index is 11.3. The van der Waals surface area contributed by atoms with Gasteiger partial charge in [0, 0.05) is 5.92 Å². The molecule has 1 nitrogen and oxygen atoms in total. The van der Waals surface area contributed by atoms with Gasteiger partial charge in [-0.05, 0) is 24.5 Å². The second-order valence-electron chi connectivity index (χ2n) is 3.78. The van der Waals surface area contributed by atoms with Crippen molar-refractivity contribution in [3.63, 3.8) is 0 Å². The number of carbonyl (C=O) groups is 1. The van der Waals surface area contributed by atoms with Gasteiger partial charge >= 0.3 is 0 Å². The van der Waals surface area contributed by atoms with E-state index in [0.717, 1.165) is 12.8 Å². The Morgan fingerprint density at radius 1 is 1.36 bits per heavy atom. The minimum atomic E-state index is 0.0396. The monoisotopic (exact) mass is 190 g/mol. The lowest BCUT2D eigenvalue weighted by Gasteiger charge is -2.13. The first-order valence-electron chi connectivity index (χ1n) is 5.25. The van der Waals surface area contributed by atoms with E-state index in [2.05, 4.69) is 19.1 Å². The van der Waals surface area contributed by atoms with Crippen molar-refractivity contribution in [1.82, 2.24) is 0 Å². The first kappa shape index (κ1) is 11.0. The molecule has 0 N–H and O–H groups in total. The zero-order valence-corrected chi connectivity index (χ0v) is 9.21. The van der Waals surface area contributed by atoms with Crippen LogP contribution in [0.15, 0.2) is 24.3 Å². The zero-order chi connectivity index (χ0) is 10.6. The highest BCUT2D eigenvalue weighted by Crippen LogP contribution is 2.21. The molecule has 0 aliphatic rings. The van der Waals surface area contributed by atoms with Crippen LogP contribution < -0.4 is 0 Å². The molecule has 1 atom stereocenters. The first-order valence-corrected chi connectivity index (χ1v) is 5.25. The molecule has 1 heteroatoms. The molecule has 0 saturated heterocycles. The van der Waals surface area contributed by atoms with Crippen molar-refractivity contribution >= 4 is 5.78 Å². The normalized spacial score (nSPS) is 12.5. The minimum Gasteiger partial charge on any atom is -0.299 e. The fourth-order valence-corrected chi connectivity index (χ4v) is 1.67. The summed E-state index contributed by atoms with van der Waals surface area (Å²) < 4.78 is 0. The fourth-order valence-electron chi connectivity index (χ4n) is 1.67. The summed E-state index contributed by atoms with van der Waals surface area (Å²) in [5.74, 6) is 0.284. The van der Waals surface area contributed by atoms with Crippen LogP contribution in [0.2, 0.25) is 0 Å². The molecule has 0 aliphatic carbocycles. The quantitative estimate of drug-likeness (QED) is 0.711. The molecule has 1 rings (SSSR count). The van der Waals surface area contributed by atoms with E-state index < -0.39 is 0 Å². The fraction of sp³-hybridized carbons (Fsp3) is 0.462. The molecular formula is C13H18O. The molecule has 0 bridgehead atoms. The Balaban J connectivity index is 3.00. The van der Waals surface area contributed by atoms with Gasteiger partial charge in [0.1, 0.15) is 5.78 Å². The van der Waals surface area contributed by atoms with E-state index in [9.17, 15) is 4.79 Å². The standard InChI is InChI=1S/C13H18O/c1-4-7-12-8-5-6-9-13(12)10(2)11(3)14/h5-6,8-10H,4,7H2,1-3H3. The predicted octanol–water partition coefficient (Wildman–Crippen LogP) is 3.33. The molecule has 1 aromatic rings. The number of hydrogen-bond acceptors (Lipinski definition) is 1. The molecule has 0 spiro atoms. The highest BCUT2D eigenvalue weighted by atomic mass is 16.1. The van der Waals surface area contributed by atoms with Crippen LogP contribution >= 0.6 is 0 Å². The van der Waals surface area contributed by atoms with Gasteiger partial charge in [0.15, 0.2) is 0 Å². The molecule has 0 amide bonds. The SMILES string of the molecule is CCCc1ccccc1C(C)C(C)=O. The van der Waals surface area contributed by atoms with Gasteiger partial charge in [0.25, 0.3) is 0 Å². The molecule has 76 valence electrons. The van der Waals surface area contributed by atoms with Gasteiger partial charge < -0.3 is 0 Å². The number of aryl methyl sites for hydroxylation is 1. The van der Waals surface area contributed by atoms with Crippen molar-refractivity contribution in [2.24, 2.45) is 0 Å². The maximum Gasteiger partial charge on any atom is 0.136 e. The van der Waals surface area contributed by atoms with Gasteiger partial charge in [0.05, 0.1) is 0 Å². The molecule has 1 unspecified atom stereocenters. The molecule has 0 aromatic heterocycles. The lowest BCUT2D eigenvalue weighted by molar-refractivity contribution is -0.118. The molecule has 0 fully saturated rings. The van der Waals surface area contributed by atoms with Crippen molar-refractivity contribution in [3.05, 3.63) is 35.4 Å². The van der Waals surface area contributed by atoms with Crippen LogP contribution in [0, 0.1) is 0 Å². The van der Waals surface area contributed by atoms with Gasteiger partial charge in [0.2, 0.25) is 0 Å². The average molecular weight is 190 g/mol. The molecule has 0 heterocycles. The van der Waals surface area contributed by atoms with Crippen LogP contribution in [-0.2, 0) is 11.2 Å². The van der Waals surface area contributed by atoms with Gasteiger partial charge in [-0.2, -0.15) is 0 Å². The molecule has 1 aromatic carbocycles. The third-order valence-electron chi connectivity index (χ3n) is 2.65. The second-order valence-corrected chi connectivity index (χ2v) is 3.78. The number of hydrogen-bond donors (Lipinski definition) is 0. The van der Waals surface area contributed by atoms with E-state index in [1.807, 2.05) is 19.1 Å². The van der Waals surface area contributed by atoms with Crippen LogP contribution in [0.1, 0.15) is 44.2 Å². The third-order valence-corrected chi connectivity index (χ3v) is 2.65. The van der Waals surface area contributed by atoms with Crippen molar-refractivity contribution in [3.8, 4) is 0 Å². The molecule has 0 aliphatic heterocycles. The first-order chi connectivity index (χ1) is 6.66. The highest BCUT2D eigenvalue weighted by Gasteiger charge is 2.13. The third kappa shape index (κ3) is 2.44. The maximum absolute atomic E-state index is 11.3.